The molecule has 0 saturated heterocycles. The molecule has 1 atom stereocenters. The molecular weight excluding hydrogens is 399 g/mol. The van der Waals surface area contributed by atoms with Crippen LogP contribution in [0.15, 0.2) is 59.1 Å². The molecule has 1 aromatic heterocycles. The number of hydrogen-bond donors (Lipinski definition) is 0. The molecule has 0 radical (unpaired) electrons. The van der Waals surface area contributed by atoms with Gasteiger partial charge in [0.2, 0.25) is 0 Å². The number of carbonyl (C=O) groups excluding carboxylic acids is 2. The van der Waals surface area contributed by atoms with Crippen LogP contribution in [0.2, 0.25) is 0 Å². The lowest BCUT2D eigenvalue weighted by molar-refractivity contribution is -0.153. The van der Waals surface area contributed by atoms with Gasteiger partial charge in [0.25, 0.3) is 5.91 Å². The highest BCUT2D eigenvalue weighted by Gasteiger charge is 2.28. The summed E-state index contributed by atoms with van der Waals surface area (Å²) in [5.41, 5.74) is 2.71. The van der Waals surface area contributed by atoms with Gasteiger partial charge >= 0.3 is 5.97 Å². The van der Waals surface area contributed by atoms with Crippen molar-refractivity contribution in [1.29, 1.82) is 0 Å². The van der Waals surface area contributed by atoms with Gasteiger partial charge < -0.3 is 14.1 Å². The van der Waals surface area contributed by atoms with Crippen molar-refractivity contribution >= 4 is 17.6 Å². The van der Waals surface area contributed by atoms with Crippen molar-refractivity contribution in [2.45, 2.75) is 38.7 Å². The maximum absolute atomic E-state index is 13.0. The van der Waals surface area contributed by atoms with Crippen LogP contribution in [-0.4, -0.2) is 29.5 Å². The summed E-state index contributed by atoms with van der Waals surface area (Å²) in [4.78, 5) is 31.0. The van der Waals surface area contributed by atoms with Crippen LogP contribution < -0.4 is 4.90 Å². The number of para-hydroxylation sites is 1. The van der Waals surface area contributed by atoms with E-state index in [-0.39, 0.29) is 24.6 Å². The number of esters is 1. The zero-order chi connectivity index (χ0) is 21.8. The SMILES string of the molecule is CC(OC(=O)CCc1ncc(-c2ccc(F)cc2)o1)C(=O)N1CCCc2ccccc21. The number of rotatable bonds is 6. The molecule has 0 N–H and O–H groups in total. The van der Waals surface area contributed by atoms with Crippen molar-refractivity contribution in [2.75, 3.05) is 11.4 Å². The Bertz CT molecular complexity index is 1080. The first-order valence-corrected chi connectivity index (χ1v) is 10.3. The number of nitrogens with zero attached hydrogens (tertiary/aromatic N) is 2. The summed E-state index contributed by atoms with van der Waals surface area (Å²) >= 11 is 0. The zero-order valence-corrected chi connectivity index (χ0v) is 17.2. The minimum absolute atomic E-state index is 0.0393. The molecule has 31 heavy (non-hydrogen) atoms. The molecule has 0 aliphatic carbocycles. The van der Waals surface area contributed by atoms with Crippen LogP contribution in [-0.2, 0) is 27.2 Å². The topological polar surface area (TPSA) is 72.6 Å². The standard InChI is InChI=1S/C24H23FN2O4/c1-16(24(29)27-14-4-6-17-5-2-3-7-20(17)27)30-23(28)13-12-22-26-15-21(31-22)18-8-10-19(25)11-9-18/h2-3,5,7-11,15-16H,4,6,12-14H2,1H3. The molecule has 0 saturated carbocycles. The Labute approximate surface area is 179 Å². The number of hydrogen-bond acceptors (Lipinski definition) is 5. The fourth-order valence-corrected chi connectivity index (χ4v) is 3.67. The highest BCUT2D eigenvalue weighted by Crippen LogP contribution is 2.27. The molecule has 6 nitrogen and oxygen atoms in total. The van der Waals surface area contributed by atoms with Crippen molar-refractivity contribution in [3.05, 3.63) is 72.0 Å². The van der Waals surface area contributed by atoms with Crippen LogP contribution in [0.4, 0.5) is 10.1 Å². The van der Waals surface area contributed by atoms with E-state index in [1.807, 2.05) is 24.3 Å². The minimum atomic E-state index is -0.877. The van der Waals surface area contributed by atoms with Crippen molar-refractivity contribution in [3.8, 4) is 11.3 Å². The second-order valence-electron chi connectivity index (χ2n) is 7.48. The monoisotopic (exact) mass is 422 g/mol. The Morgan fingerprint density at radius 3 is 2.77 bits per heavy atom. The minimum Gasteiger partial charge on any atom is -0.453 e. The van der Waals surface area contributed by atoms with E-state index in [1.165, 1.54) is 18.3 Å². The van der Waals surface area contributed by atoms with E-state index in [0.717, 1.165) is 24.1 Å². The third-order valence-electron chi connectivity index (χ3n) is 5.26. The van der Waals surface area contributed by atoms with Gasteiger partial charge in [0.1, 0.15) is 5.82 Å². The lowest BCUT2D eigenvalue weighted by atomic mass is 10.0. The van der Waals surface area contributed by atoms with E-state index >= 15 is 0 Å². The molecule has 3 aromatic rings. The summed E-state index contributed by atoms with van der Waals surface area (Å²) in [7, 11) is 0. The predicted molar refractivity (Wildman–Crippen MR) is 113 cm³/mol. The molecule has 1 amide bonds. The number of aromatic nitrogens is 1. The summed E-state index contributed by atoms with van der Waals surface area (Å²) < 4.78 is 24.0. The molecule has 1 aliphatic heterocycles. The first-order valence-electron chi connectivity index (χ1n) is 10.3. The lowest BCUT2D eigenvalue weighted by Gasteiger charge is -2.31. The van der Waals surface area contributed by atoms with E-state index in [9.17, 15) is 14.0 Å². The van der Waals surface area contributed by atoms with E-state index in [0.29, 0.717) is 23.8 Å². The number of halogens is 1. The summed E-state index contributed by atoms with van der Waals surface area (Å²) in [5, 5.41) is 0. The number of carbonyl (C=O) groups is 2. The van der Waals surface area contributed by atoms with Crippen molar-refractivity contribution < 1.29 is 23.1 Å². The van der Waals surface area contributed by atoms with Crippen LogP contribution >= 0.6 is 0 Å². The number of fused-ring (bicyclic) bond motifs is 1. The molecule has 1 unspecified atom stereocenters. The molecule has 0 fully saturated rings. The van der Waals surface area contributed by atoms with E-state index in [4.69, 9.17) is 9.15 Å². The molecule has 0 bridgehead atoms. The normalized spacial score (nSPS) is 14.1. The van der Waals surface area contributed by atoms with Gasteiger partial charge in [-0.15, -0.1) is 0 Å². The average molecular weight is 422 g/mol. The van der Waals surface area contributed by atoms with Crippen molar-refractivity contribution in [3.63, 3.8) is 0 Å². The highest BCUT2D eigenvalue weighted by atomic mass is 19.1. The Morgan fingerprint density at radius 2 is 1.97 bits per heavy atom. The molecular formula is C24H23FN2O4. The summed E-state index contributed by atoms with van der Waals surface area (Å²) in [6.45, 7) is 2.20. The van der Waals surface area contributed by atoms with E-state index in [1.54, 1.807) is 24.0 Å². The molecule has 2 aromatic carbocycles. The van der Waals surface area contributed by atoms with Crippen LogP contribution in [0, 0.1) is 5.82 Å². The second-order valence-corrected chi connectivity index (χ2v) is 7.48. The van der Waals surface area contributed by atoms with Crippen molar-refractivity contribution in [2.24, 2.45) is 0 Å². The average Bonchev–Trinajstić information content (AvgIpc) is 3.26. The molecule has 4 rings (SSSR count). The van der Waals surface area contributed by atoms with E-state index in [2.05, 4.69) is 4.98 Å². The Kier molecular flexibility index (Phi) is 6.11. The fraction of sp³-hybridized carbons (Fsp3) is 0.292. The molecule has 7 heteroatoms. The quantitative estimate of drug-likeness (QED) is 0.553. The third-order valence-corrected chi connectivity index (χ3v) is 5.26. The molecule has 0 spiro atoms. The first kappa shape index (κ1) is 20.8. The second kappa shape index (κ2) is 9.12. The Morgan fingerprint density at radius 1 is 1.19 bits per heavy atom. The van der Waals surface area contributed by atoms with Crippen LogP contribution in [0.25, 0.3) is 11.3 Å². The first-order chi connectivity index (χ1) is 15.0. The largest absolute Gasteiger partial charge is 0.453 e. The number of oxazole rings is 1. The van der Waals surface area contributed by atoms with Gasteiger partial charge in [-0.25, -0.2) is 9.37 Å². The maximum Gasteiger partial charge on any atom is 0.307 e. The molecule has 160 valence electrons. The predicted octanol–water partition coefficient (Wildman–Crippen LogP) is 4.32. The molecule has 1 aliphatic rings. The number of benzene rings is 2. The fourth-order valence-electron chi connectivity index (χ4n) is 3.67. The Hall–Kier alpha value is -3.48. The van der Waals surface area contributed by atoms with Gasteiger partial charge in [-0.2, -0.15) is 0 Å². The smallest absolute Gasteiger partial charge is 0.307 e. The Balaban J connectivity index is 1.31. The van der Waals surface area contributed by atoms with Gasteiger partial charge in [0.15, 0.2) is 17.8 Å². The van der Waals surface area contributed by atoms with Crippen LogP contribution in [0.1, 0.15) is 31.2 Å². The number of ether oxygens (including phenoxy) is 1. The molecule has 2 heterocycles. The summed E-state index contributed by atoms with van der Waals surface area (Å²) in [6, 6.07) is 13.7. The van der Waals surface area contributed by atoms with Crippen molar-refractivity contribution in [1.82, 2.24) is 4.98 Å². The summed E-state index contributed by atoms with van der Waals surface area (Å²) in [5.74, 6) is -0.179. The number of amides is 1. The zero-order valence-electron chi connectivity index (χ0n) is 17.2. The van der Waals surface area contributed by atoms with Crippen LogP contribution in [0.5, 0.6) is 0 Å². The number of anilines is 1. The van der Waals surface area contributed by atoms with Gasteiger partial charge in [-0.1, -0.05) is 18.2 Å². The van der Waals surface area contributed by atoms with Gasteiger partial charge in [0, 0.05) is 24.2 Å². The summed E-state index contributed by atoms with van der Waals surface area (Å²) in [6.07, 6.45) is 2.76. The van der Waals surface area contributed by atoms with Gasteiger partial charge in [0.05, 0.1) is 12.6 Å². The van der Waals surface area contributed by atoms with Gasteiger partial charge in [-0.3, -0.25) is 9.59 Å². The van der Waals surface area contributed by atoms with E-state index < -0.39 is 12.1 Å². The highest BCUT2D eigenvalue weighted by molar-refractivity contribution is 5.98. The third kappa shape index (κ3) is 4.82. The maximum atomic E-state index is 13.0. The number of aryl methyl sites for hydroxylation is 2. The van der Waals surface area contributed by atoms with Crippen LogP contribution in [0.3, 0.4) is 0 Å². The lowest BCUT2D eigenvalue weighted by Crippen LogP contribution is -2.42. The van der Waals surface area contributed by atoms with Gasteiger partial charge in [-0.05, 0) is 55.7 Å².